The van der Waals surface area contributed by atoms with E-state index >= 15 is 0 Å². The van der Waals surface area contributed by atoms with Crippen molar-refractivity contribution >= 4 is 0 Å². The van der Waals surface area contributed by atoms with Gasteiger partial charge in [0, 0.05) is 6.04 Å². The second-order valence-corrected chi connectivity index (χ2v) is 6.34. The zero-order valence-corrected chi connectivity index (χ0v) is 13.2. The van der Waals surface area contributed by atoms with Crippen molar-refractivity contribution in [3.63, 3.8) is 0 Å². The van der Waals surface area contributed by atoms with E-state index in [-0.39, 0.29) is 18.7 Å². The number of aliphatic hydroxyl groups is 3. The van der Waals surface area contributed by atoms with E-state index in [1.54, 1.807) is 0 Å². The van der Waals surface area contributed by atoms with Gasteiger partial charge in [-0.2, -0.15) is 0 Å². The van der Waals surface area contributed by atoms with E-state index in [9.17, 15) is 10.2 Å². The summed E-state index contributed by atoms with van der Waals surface area (Å²) < 4.78 is 0. The van der Waals surface area contributed by atoms with Gasteiger partial charge in [0.05, 0.1) is 24.9 Å². The molecule has 0 aliphatic carbocycles. The fourth-order valence-electron chi connectivity index (χ4n) is 3.23. The Labute approximate surface area is 133 Å². The fourth-order valence-corrected chi connectivity index (χ4v) is 3.23. The van der Waals surface area contributed by atoms with Gasteiger partial charge in [0.2, 0.25) is 0 Å². The van der Waals surface area contributed by atoms with E-state index in [4.69, 9.17) is 5.11 Å². The molecule has 1 saturated heterocycles. The van der Waals surface area contributed by atoms with E-state index in [1.165, 1.54) is 24.8 Å². The van der Waals surface area contributed by atoms with Crippen molar-refractivity contribution in [2.75, 3.05) is 6.61 Å². The third-order valence-corrected chi connectivity index (χ3v) is 4.62. The summed E-state index contributed by atoms with van der Waals surface area (Å²) in [4.78, 5) is 0. The molecule has 1 aliphatic rings. The van der Waals surface area contributed by atoms with Gasteiger partial charge in [-0.25, -0.2) is 0 Å². The van der Waals surface area contributed by atoms with Gasteiger partial charge in [0.25, 0.3) is 0 Å². The number of nitrogens with one attached hydrogen (secondary N) is 1. The Morgan fingerprint density at radius 1 is 0.818 bits per heavy atom. The van der Waals surface area contributed by atoms with Crippen molar-refractivity contribution < 1.29 is 15.3 Å². The van der Waals surface area contributed by atoms with Gasteiger partial charge in [-0.3, -0.25) is 0 Å². The highest BCUT2D eigenvalue weighted by molar-refractivity contribution is 5.14. The summed E-state index contributed by atoms with van der Waals surface area (Å²) in [5.74, 6) is 0. The van der Waals surface area contributed by atoms with Crippen molar-refractivity contribution in [2.24, 2.45) is 0 Å². The molecular weight excluding hydrogens is 278 g/mol. The van der Waals surface area contributed by atoms with Gasteiger partial charge in [-0.15, -0.1) is 0 Å². The topological polar surface area (TPSA) is 72.7 Å². The molecule has 4 N–H and O–H groups in total. The lowest BCUT2D eigenvalue weighted by molar-refractivity contribution is 0.0186. The number of hydrogen-bond donors (Lipinski definition) is 4. The molecule has 0 amide bonds. The van der Waals surface area contributed by atoms with Crippen LogP contribution >= 0.6 is 0 Å². The van der Waals surface area contributed by atoms with Crippen LogP contribution in [0, 0.1) is 0 Å². The molecule has 0 bridgehead atoms. The first-order valence-electron chi connectivity index (χ1n) is 8.49. The van der Waals surface area contributed by atoms with Crippen molar-refractivity contribution in [3.8, 4) is 0 Å². The number of unbranched alkanes of at least 4 members (excludes halogenated alkanes) is 4. The minimum atomic E-state index is -0.846. The van der Waals surface area contributed by atoms with E-state index < -0.39 is 12.2 Å². The van der Waals surface area contributed by atoms with E-state index in [0.717, 1.165) is 25.7 Å². The van der Waals surface area contributed by atoms with Gasteiger partial charge >= 0.3 is 0 Å². The molecule has 0 saturated carbocycles. The summed E-state index contributed by atoms with van der Waals surface area (Å²) in [6, 6.07) is 10.1. The third-order valence-electron chi connectivity index (χ3n) is 4.62. The monoisotopic (exact) mass is 307 g/mol. The zero-order chi connectivity index (χ0) is 15.8. The summed E-state index contributed by atoms with van der Waals surface area (Å²) in [5, 5.41) is 31.9. The largest absolute Gasteiger partial charge is 0.395 e. The molecule has 0 spiro atoms. The average Bonchev–Trinajstić information content (AvgIpc) is 2.82. The molecule has 0 radical (unpaired) electrons. The van der Waals surface area contributed by atoms with Crippen LogP contribution < -0.4 is 5.32 Å². The lowest BCUT2D eigenvalue weighted by atomic mass is 10.0. The number of aryl methyl sites for hydroxylation is 1. The highest BCUT2D eigenvalue weighted by atomic mass is 16.3. The first-order chi connectivity index (χ1) is 10.7. The fraction of sp³-hybridized carbons (Fsp3) is 0.667. The van der Waals surface area contributed by atoms with Crippen molar-refractivity contribution in [2.45, 2.75) is 69.2 Å². The molecule has 0 unspecified atom stereocenters. The number of rotatable bonds is 9. The first kappa shape index (κ1) is 17.4. The maximum Gasteiger partial charge on any atom is 0.0989 e. The van der Waals surface area contributed by atoms with Crippen molar-refractivity contribution in [1.29, 1.82) is 0 Å². The smallest absolute Gasteiger partial charge is 0.0989 e. The molecule has 1 heterocycles. The summed E-state index contributed by atoms with van der Waals surface area (Å²) >= 11 is 0. The standard InChI is InChI=1S/C18H29NO3/c20-13-16-18(22)17(21)15(19-16)12-8-3-1-2-5-9-14-10-6-4-7-11-14/h4,6-7,10-11,15-22H,1-3,5,8-9,12-13H2/t15-,16-,17-,18-/m0/s1. The van der Waals surface area contributed by atoms with Crippen LogP contribution in [-0.4, -0.2) is 46.2 Å². The van der Waals surface area contributed by atoms with Crippen LogP contribution in [0.15, 0.2) is 30.3 Å². The Balaban J connectivity index is 1.51. The van der Waals surface area contributed by atoms with Crippen LogP contribution in [0.5, 0.6) is 0 Å². The van der Waals surface area contributed by atoms with Crippen molar-refractivity contribution in [1.82, 2.24) is 5.32 Å². The second-order valence-electron chi connectivity index (χ2n) is 6.34. The minimum absolute atomic E-state index is 0.0866. The maximum absolute atomic E-state index is 9.90. The molecule has 1 fully saturated rings. The van der Waals surface area contributed by atoms with Gasteiger partial charge in [-0.05, 0) is 24.8 Å². The predicted octanol–water partition coefficient (Wildman–Crippen LogP) is 1.62. The summed E-state index contributed by atoms with van der Waals surface area (Å²) in [5.41, 5.74) is 1.41. The van der Waals surface area contributed by atoms with Crippen LogP contribution in [0.2, 0.25) is 0 Å². The highest BCUT2D eigenvalue weighted by Crippen LogP contribution is 2.19. The summed E-state index contributed by atoms with van der Waals surface area (Å²) in [7, 11) is 0. The molecule has 1 aromatic carbocycles. The van der Waals surface area contributed by atoms with E-state index in [1.807, 2.05) is 6.07 Å². The maximum atomic E-state index is 9.90. The number of benzene rings is 1. The van der Waals surface area contributed by atoms with Gasteiger partial charge in [0.15, 0.2) is 0 Å². The molecule has 4 heteroatoms. The molecule has 4 nitrogen and oxygen atoms in total. The zero-order valence-electron chi connectivity index (χ0n) is 13.2. The predicted molar refractivity (Wildman–Crippen MR) is 87.7 cm³/mol. The second kappa shape index (κ2) is 9.26. The quantitative estimate of drug-likeness (QED) is 0.523. The minimum Gasteiger partial charge on any atom is -0.395 e. The van der Waals surface area contributed by atoms with Crippen molar-refractivity contribution in [3.05, 3.63) is 35.9 Å². The molecule has 1 aliphatic heterocycles. The SMILES string of the molecule is OC[C@@H]1N[C@@H](CCCCCCCc2ccccc2)[C@H](O)[C@H]1O. The molecule has 0 aromatic heterocycles. The third kappa shape index (κ3) is 5.06. The van der Waals surface area contributed by atoms with E-state index in [0.29, 0.717) is 0 Å². The van der Waals surface area contributed by atoms with Crippen LogP contribution in [-0.2, 0) is 6.42 Å². The molecule has 1 aromatic rings. The van der Waals surface area contributed by atoms with Gasteiger partial charge in [-0.1, -0.05) is 56.0 Å². The molecule has 22 heavy (non-hydrogen) atoms. The normalized spacial score (nSPS) is 28.1. The van der Waals surface area contributed by atoms with E-state index in [2.05, 4.69) is 29.6 Å². The molecule has 124 valence electrons. The summed E-state index contributed by atoms with van der Waals surface area (Å²) in [6.07, 6.45) is 6.26. The Kier molecular flexibility index (Phi) is 7.33. The lowest BCUT2D eigenvalue weighted by Crippen LogP contribution is -2.36. The Morgan fingerprint density at radius 3 is 2.14 bits per heavy atom. The average molecular weight is 307 g/mol. The molecule has 4 atom stereocenters. The molecule has 2 rings (SSSR count). The number of hydrogen-bond acceptors (Lipinski definition) is 4. The lowest BCUT2D eigenvalue weighted by Gasteiger charge is -2.15. The van der Waals surface area contributed by atoms with Crippen LogP contribution in [0.25, 0.3) is 0 Å². The Morgan fingerprint density at radius 2 is 1.45 bits per heavy atom. The Bertz CT molecular complexity index is 412. The van der Waals surface area contributed by atoms with Gasteiger partial charge in [0.1, 0.15) is 0 Å². The van der Waals surface area contributed by atoms with Crippen LogP contribution in [0.4, 0.5) is 0 Å². The van der Waals surface area contributed by atoms with Crippen LogP contribution in [0.1, 0.15) is 44.1 Å². The molecular formula is C18H29NO3. The van der Waals surface area contributed by atoms with Crippen LogP contribution in [0.3, 0.4) is 0 Å². The highest BCUT2D eigenvalue weighted by Gasteiger charge is 2.39. The van der Waals surface area contributed by atoms with Gasteiger partial charge < -0.3 is 20.6 Å². The first-order valence-corrected chi connectivity index (χ1v) is 8.49. The number of aliphatic hydroxyl groups excluding tert-OH is 3. The summed E-state index contributed by atoms with van der Waals surface area (Å²) in [6.45, 7) is -0.131. The Hall–Kier alpha value is -0.940.